The Morgan fingerprint density at radius 3 is 2.27 bits per heavy atom. The monoisotopic (exact) mass is 372 g/mol. The summed E-state index contributed by atoms with van der Waals surface area (Å²) in [4.78, 5) is 24.5. The average Bonchev–Trinajstić information content (AvgIpc) is 3.45. The van der Waals surface area contributed by atoms with E-state index in [1.54, 1.807) is 18.2 Å². The van der Waals surface area contributed by atoms with E-state index in [4.69, 9.17) is 4.74 Å². The third-order valence-corrected chi connectivity index (χ3v) is 6.07. The lowest BCUT2D eigenvalue weighted by Gasteiger charge is -2.08. The molecule has 0 atom stereocenters. The Hall–Kier alpha value is -2.47. The molecule has 1 saturated carbocycles. The second-order valence-electron chi connectivity index (χ2n) is 6.48. The van der Waals surface area contributed by atoms with Crippen LogP contribution in [0.5, 0.6) is 5.75 Å². The summed E-state index contributed by atoms with van der Waals surface area (Å²) in [6, 6.07) is 12.3. The Kier molecular flexibility index (Phi) is 5.23. The molecule has 0 bridgehead atoms. The zero-order chi connectivity index (χ0) is 18.7. The van der Waals surface area contributed by atoms with Gasteiger partial charge in [0.25, 0.3) is 0 Å². The van der Waals surface area contributed by atoms with Crippen LogP contribution in [0.4, 0.5) is 0 Å². The van der Waals surface area contributed by atoms with Crippen molar-refractivity contribution in [1.82, 2.24) is 0 Å². The molecular formula is C20H20O5S. The van der Waals surface area contributed by atoms with Gasteiger partial charge in [0.15, 0.2) is 21.4 Å². The van der Waals surface area contributed by atoms with Gasteiger partial charge in [-0.1, -0.05) is 24.3 Å². The van der Waals surface area contributed by atoms with Crippen LogP contribution in [0.25, 0.3) is 0 Å². The Morgan fingerprint density at radius 1 is 1.00 bits per heavy atom. The first-order valence-electron chi connectivity index (χ1n) is 8.43. The minimum atomic E-state index is -3.80. The largest absolute Gasteiger partial charge is 0.496 e. The number of methoxy groups -OCH3 is 1. The maximum atomic E-state index is 12.5. The molecule has 0 spiro atoms. The van der Waals surface area contributed by atoms with Crippen molar-refractivity contribution in [3.05, 3.63) is 59.7 Å². The Bertz CT molecular complexity index is 925. The summed E-state index contributed by atoms with van der Waals surface area (Å²) < 4.78 is 30.2. The Labute approximate surface area is 152 Å². The number of benzene rings is 2. The van der Waals surface area contributed by atoms with E-state index in [-0.39, 0.29) is 16.2 Å². The van der Waals surface area contributed by atoms with Crippen molar-refractivity contribution >= 4 is 21.4 Å². The van der Waals surface area contributed by atoms with Gasteiger partial charge in [0.2, 0.25) is 0 Å². The lowest BCUT2D eigenvalue weighted by Crippen LogP contribution is -2.17. The molecule has 0 N–H and O–H groups in total. The van der Waals surface area contributed by atoms with Crippen LogP contribution in [0.1, 0.15) is 40.0 Å². The van der Waals surface area contributed by atoms with Gasteiger partial charge in [0.1, 0.15) is 11.5 Å². The van der Waals surface area contributed by atoms with E-state index < -0.39 is 21.4 Å². The minimum absolute atomic E-state index is 0.0292. The number of hydrogen-bond donors (Lipinski definition) is 0. The maximum absolute atomic E-state index is 12.5. The van der Waals surface area contributed by atoms with Crippen LogP contribution >= 0.6 is 0 Å². The van der Waals surface area contributed by atoms with E-state index in [1.165, 1.54) is 37.4 Å². The summed E-state index contributed by atoms with van der Waals surface area (Å²) in [5.74, 6) is -0.334. The number of ether oxygens (including phenoxy) is 1. The first-order valence-corrected chi connectivity index (χ1v) is 10.1. The molecule has 0 unspecified atom stereocenters. The van der Waals surface area contributed by atoms with Crippen LogP contribution in [-0.4, -0.2) is 32.8 Å². The van der Waals surface area contributed by atoms with Gasteiger partial charge in [-0.05, 0) is 43.0 Å². The van der Waals surface area contributed by atoms with Crippen LogP contribution in [0.15, 0.2) is 53.4 Å². The van der Waals surface area contributed by atoms with Crippen molar-refractivity contribution in [3.8, 4) is 5.75 Å². The highest BCUT2D eigenvalue weighted by molar-refractivity contribution is 7.92. The van der Waals surface area contributed by atoms with Gasteiger partial charge in [-0.25, -0.2) is 8.42 Å². The number of ketones is 2. The number of Topliss-reactive ketones (excluding diaryl/α,β-unsaturated/α-hetero) is 2. The summed E-state index contributed by atoms with van der Waals surface area (Å²) in [5.41, 5.74) is 0.738. The van der Waals surface area contributed by atoms with Crippen molar-refractivity contribution in [3.63, 3.8) is 0 Å². The minimum Gasteiger partial charge on any atom is -0.496 e. The molecule has 0 saturated heterocycles. The summed E-state index contributed by atoms with van der Waals surface area (Å²) in [6.45, 7) is 0. The smallest absolute Gasteiger partial charge is 0.185 e. The second kappa shape index (κ2) is 7.41. The van der Waals surface area contributed by atoms with Crippen LogP contribution in [0.2, 0.25) is 0 Å². The number of carbonyl (C=O) groups is 2. The van der Waals surface area contributed by atoms with E-state index in [2.05, 4.69) is 0 Å². The van der Waals surface area contributed by atoms with E-state index in [0.717, 1.165) is 12.8 Å². The lowest BCUT2D eigenvalue weighted by atomic mass is 10.1. The first kappa shape index (κ1) is 18.3. The fourth-order valence-corrected chi connectivity index (χ4v) is 3.98. The molecule has 136 valence electrons. The highest BCUT2D eigenvalue weighted by Crippen LogP contribution is 2.33. The predicted molar refractivity (Wildman–Crippen MR) is 97.5 cm³/mol. The molecule has 6 heteroatoms. The lowest BCUT2D eigenvalue weighted by molar-refractivity contribution is 0.0974. The second-order valence-corrected chi connectivity index (χ2v) is 8.47. The van der Waals surface area contributed by atoms with Crippen molar-refractivity contribution in [2.45, 2.75) is 24.2 Å². The van der Waals surface area contributed by atoms with Crippen LogP contribution < -0.4 is 4.74 Å². The molecule has 26 heavy (non-hydrogen) atoms. The average molecular weight is 372 g/mol. The summed E-state index contributed by atoms with van der Waals surface area (Å²) in [5, 5.41) is 0. The van der Waals surface area contributed by atoms with Crippen molar-refractivity contribution in [1.29, 1.82) is 0 Å². The van der Waals surface area contributed by atoms with Crippen molar-refractivity contribution in [2.75, 3.05) is 12.9 Å². The summed E-state index contributed by atoms with van der Waals surface area (Å²) in [7, 11) is -2.37. The number of hydrogen-bond acceptors (Lipinski definition) is 5. The van der Waals surface area contributed by atoms with Crippen molar-refractivity contribution < 1.29 is 22.7 Å². The Morgan fingerprint density at radius 2 is 1.65 bits per heavy atom. The number of sulfone groups is 1. The fourth-order valence-electron chi connectivity index (χ4n) is 2.76. The van der Waals surface area contributed by atoms with Gasteiger partial charge >= 0.3 is 0 Å². The zero-order valence-electron chi connectivity index (χ0n) is 14.5. The predicted octanol–water partition coefficient (Wildman–Crippen LogP) is 3.33. The van der Waals surface area contributed by atoms with E-state index in [0.29, 0.717) is 23.7 Å². The number of rotatable bonds is 8. The molecule has 1 aliphatic rings. The van der Waals surface area contributed by atoms with Crippen LogP contribution in [-0.2, 0) is 9.84 Å². The molecule has 1 aliphatic carbocycles. The normalized spacial score (nSPS) is 14.0. The van der Waals surface area contributed by atoms with E-state index >= 15 is 0 Å². The molecule has 0 aromatic heterocycles. The molecule has 0 amide bonds. The van der Waals surface area contributed by atoms with Gasteiger partial charge in [-0.3, -0.25) is 9.59 Å². The Balaban J connectivity index is 1.75. The van der Waals surface area contributed by atoms with Crippen LogP contribution in [0.3, 0.4) is 0 Å². The van der Waals surface area contributed by atoms with Gasteiger partial charge < -0.3 is 4.74 Å². The third kappa shape index (κ3) is 4.19. The molecule has 1 fully saturated rings. The third-order valence-electron chi connectivity index (χ3n) is 4.43. The molecule has 3 rings (SSSR count). The topological polar surface area (TPSA) is 77.5 Å². The molecule has 0 radical (unpaired) electrons. The van der Waals surface area contributed by atoms with Gasteiger partial charge in [-0.2, -0.15) is 0 Å². The van der Waals surface area contributed by atoms with Crippen LogP contribution in [0, 0.1) is 5.92 Å². The summed E-state index contributed by atoms with van der Waals surface area (Å²) >= 11 is 0. The summed E-state index contributed by atoms with van der Waals surface area (Å²) in [6.07, 6.45) is 2.69. The van der Waals surface area contributed by atoms with Gasteiger partial charge in [0, 0.05) is 12.0 Å². The molecule has 2 aromatic rings. The molecule has 5 nitrogen and oxygen atoms in total. The van der Waals surface area contributed by atoms with Gasteiger partial charge in [-0.15, -0.1) is 0 Å². The SMILES string of the molecule is COc1ccccc1C(=O)CS(=O)(=O)c1ccc(C(=O)CC2CC2)cc1. The first-order chi connectivity index (χ1) is 12.4. The number of para-hydroxylation sites is 1. The van der Waals surface area contributed by atoms with E-state index in [1.807, 2.05) is 0 Å². The highest BCUT2D eigenvalue weighted by atomic mass is 32.2. The van der Waals surface area contributed by atoms with E-state index in [9.17, 15) is 18.0 Å². The fraction of sp³-hybridized carbons (Fsp3) is 0.300. The van der Waals surface area contributed by atoms with Gasteiger partial charge in [0.05, 0.1) is 17.6 Å². The molecule has 2 aromatic carbocycles. The molecule has 0 heterocycles. The van der Waals surface area contributed by atoms with Crippen molar-refractivity contribution in [2.24, 2.45) is 5.92 Å². The molecule has 0 aliphatic heterocycles. The standard InChI is InChI=1S/C20H20O5S/c1-25-20-5-3-2-4-17(20)19(22)13-26(23,24)16-10-8-15(9-11-16)18(21)12-14-6-7-14/h2-5,8-11,14H,6-7,12-13H2,1H3. The zero-order valence-corrected chi connectivity index (χ0v) is 15.3. The highest BCUT2D eigenvalue weighted by Gasteiger charge is 2.26. The quantitative estimate of drug-likeness (QED) is 0.664. The maximum Gasteiger partial charge on any atom is 0.185 e. The number of carbonyl (C=O) groups excluding carboxylic acids is 2. The molecular weight excluding hydrogens is 352 g/mol.